The third-order valence-corrected chi connectivity index (χ3v) is 7.22. The molecule has 8 nitrogen and oxygen atoms in total. The predicted octanol–water partition coefficient (Wildman–Crippen LogP) is 3.05. The molecule has 1 fully saturated rings. The van der Waals surface area contributed by atoms with Crippen molar-refractivity contribution in [2.24, 2.45) is 5.73 Å². The Morgan fingerprint density at radius 2 is 2.03 bits per heavy atom. The lowest BCUT2D eigenvalue weighted by atomic mass is 9.92. The molecule has 2 heterocycles. The summed E-state index contributed by atoms with van der Waals surface area (Å²) in [6, 6.07) is 3.86. The minimum Gasteiger partial charge on any atom is -0.365 e. The molecule has 162 valence electrons. The molecule has 2 aliphatic rings. The average Bonchev–Trinajstić information content (AvgIpc) is 3.30. The summed E-state index contributed by atoms with van der Waals surface area (Å²) in [5.74, 6) is -1.85. The number of rotatable bonds is 5. The molecule has 1 aromatic carbocycles. The van der Waals surface area contributed by atoms with Gasteiger partial charge >= 0.3 is 6.03 Å². The molecule has 1 aliphatic carbocycles. The zero-order chi connectivity index (χ0) is 22.5. The van der Waals surface area contributed by atoms with Crippen LogP contribution < -0.4 is 16.4 Å². The van der Waals surface area contributed by atoms with Gasteiger partial charge in [0.2, 0.25) is 5.91 Å². The van der Waals surface area contributed by atoms with E-state index in [-0.39, 0.29) is 5.02 Å². The van der Waals surface area contributed by atoms with Crippen molar-refractivity contribution in [1.82, 2.24) is 10.2 Å². The Balaban J connectivity index is 1.54. The standard InChI is InChI=1S/C20H18Cl2N4O4S/c1-20(11-6-5-9(21)7-12(11)22)18(29)26(19(30)25-20)8-14(27)24-17-15(16(23)28)10-3-2-4-13(10)31-17/h5-7H,2-4,8H2,1H3,(H2,23,28)(H,24,27)(H,25,30). The molecule has 1 unspecified atom stereocenters. The van der Waals surface area contributed by atoms with Gasteiger partial charge in [-0.25, -0.2) is 4.79 Å². The number of nitrogens with zero attached hydrogens (tertiary/aromatic N) is 1. The Morgan fingerprint density at radius 1 is 1.29 bits per heavy atom. The SMILES string of the molecule is CC1(c2ccc(Cl)cc2Cl)NC(=O)N(CC(=O)Nc2sc3c(c2C(N)=O)CCC3)C1=O. The second kappa shape index (κ2) is 7.81. The molecule has 5 amide bonds. The molecule has 1 atom stereocenters. The van der Waals surface area contributed by atoms with E-state index in [0.29, 0.717) is 21.2 Å². The Bertz CT molecular complexity index is 1150. The van der Waals surface area contributed by atoms with Crippen LogP contribution in [0.4, 0.5) is 9.80 Å². The van der Waals surface area contributed by atoms with Crippen LogP contribution >= 0.6 is 34.5 Å². The van der Waals surface area contributed by atoms with E-state index in [1.165, 1.54) is 24.3 Å². The highest BCUT2D eigenvalue weighted by atomic mass is 35.5. The molecule has 31 heavy (non-hydrogen) atoms. The van der Waals surface area contributed by atoms with E-state index < -0.39 is 35.8 Å². The van der Waals surface area contributed by atoms with Crippen LogP contribution in [0, 0.1) is 0 Å². The van der Waals surface area contributed by atoms with E-state index in [9.17, 15) is 19.2 Å². The van der Waals surface area contributed by atoms with Crippen molar-refractivity contribution < 1.29 is 19.2 Å². The van der Waals surface area contributed by atoms with Gasteiger partial charge < -0.3 is 16.4 Å². The fourth-order valence-electron chi connectivity index (χ4n) is 3.98. The van der Waals surface area contributed by atoms with Gasteiger partial charge in [0.1, 0.15) is 17.1 Å². The quantitative estimate of drug-likeness (QED) is 0.569. The first-order valence-corrected chi connectivity index (χ1v) is 11.0. The number of fused-ring (bicyclic) bond motifs is 1. The zero-order valence-corrected chi connectivity index (χ0v) is 18.7. The molecular weight excluding hydrogens is 463 g/mol. The first kappa shape index (κ1) is 21.6. The van der Waals surface area contributed by atoms with Crippen LogP contribution in [0.25, 0.3) is 0 Å². The number of halogens is 2. The summed E-state index contributed by atoms with van der Waals surface area (Å²) in [4.78, 5) is 51.9. The zero-order valence-electron chi connectivity index (χ0n) is 16.4. The van der Waals surface area contributed by atoms with Crippen molar-refractivity contribution in [2.45, 2.75) is 31.7 Å². The second-order valence-electron chi connectivity index (χ2n) is 7.54. The summed E-state index contributed by atoms with van der Waals surface area (Å²) >= 11 is 13.4. The van der Waals surface area contributed by atoms with Crippen LogP contribution in [0.15, 0.2) is 18.2 Å². The molecule has 1 saturated heterocycles. The van der Waals surface area contributed by atoms with Crippen LogP contribution in [0.3, 0.4) is 0 Å². The maximum Gasteiger partial charge on any atom is 0.325 e. The number of hydrogen-bond acceptors (Lipinski definition) is 5. The summed E-state index contributed by atoms with van der Waals surface area (Å²) in [5, 5.41) is 6.18. The Labute approximate surface area is 191 Å². The van der Waals surface area contributed by atoms with Crippen molar-refractivity contribution in [1.29, 1.82) is 0 Å². The number of urea groups is 1. The van der Waals surface area contributed by atoms with Gasteiger partial charge in [0, 0.05) is 20.5 Å². The van der Waals surface area contributed by atoms with Gasteiger partial charge in [0.15, 0.2) is 0 Å². The van der Waals surface area contributed by atoms with Gasteiger partial charge in [-0.1, -0.05) is 29.3 Å². The lowest BCUT2D eigenvalue weighted by molar-refractivity contribution is -0.133. The largest absolute Gasteiger partial charge is 0.365 e. The van der Waals surface area contributed by atoms with Gasteiger partial charge in [0.25, 0.3) is 11.8 Å². The lowest BCUT2D eigenvalue weighted by Gasteiger charge is -2.23. The number of aryl methyl sites for hydroxylation is 1. The van der Waals surface area contributed by atoms with Crippen LogP contribution in [0.5, 0.6) is 0 Å². The minimum atomic E-state index is -1.44. The number of thiophene rings is 1. The maximum atomic E-state index is 13.1. The number of nitrogens with one attached hydrogen (secondary N) is 2. The normalized spacial score (nSPS) is 20.0. The number of amides is 5. The second-order valence-corrected chi connectivity index (χ2v) is 9.49. The third-order valence-electron chi connectivity index (χ3n) is 5.47. The Hall–Kier alpha value is -2.62. The molecular formula is C20H18Cl2N4O4S. The van der Waals surface area contributed by atoms with Gasteiger partial charge in [-0.15, -0.1) is 11.3 Å². The predicted molar refractivity (Wildman–Crippen MR) is 118 cm³/mol. The monoisotopic (exact) mass is 480 g/mol. The highest BCUT2D eigenvalue weighted by Gasteiger charge is 2.50. The molecule has 0 saturated carbocycles. The summed E-state index contributed by atoms with van der Waals surface area (Å²) in [6.07, 6.45) is 2.49. The van der Waals surface area contributed by atoms with Crippen LogP contribution in [-0.2, 0) is 28.0 Å². The summed E-state index contributed by atoms with van der Waals surface area (Å²) in [7, 11) is 0. The summed E-state index contributed by atoms with van der Waals surface area (Å²) < 4.78 is 0. The lowest BCUT2D eigenvalue weighted by Crippen LogP contribution is -2.42. The van der Waals surface area contributed by atoms with Crippen molar-refractivity contribution in [3.8, 4) is 0 Å². The molecule has 0 radical (unpaired) electrons. The highest BCUT2D eigenvalue weighted by Crippen LogP contribution is 2.39. The molecule has 4 rings (SSSR count). The van der Waals surface area contributed by atoms with Crippen molar-refractivity contribution in [3.63, 3.8) is 0 Å². The fourth-order valence-corrected chi connectivity index (χ4v) is 5.89. The number of primary amides is 1. The van der Waals surface area contributed by atoms with Gasteiger partial charge in [0.05, 0.1) is 5.56 Å². The maximum absolute atomic E-state index is 13.1. The van der Waals surface area contributed by atoms with Gasteiger partial charge in [-0.3, -0.25) is 19.3 Å². The number of nitrogens with two attached hydrogens (primary N) is 1. The van der Waals surface area contributed by atoms with E-state index >= 15 is 0 Å². The van der Waals surface area contributed by atoms with Crippen molar-refractivity contribution in [3.05, 3.63) is 49.8 Å². The van der Waals surface area contributed by atoms with Crippen molar-refractivity contribution >= 4 is 63.3 Å². The molecule has 11 heteroatoms. The van der Waals surface area contributed by atoms with E-state index in [4.69, 9.17) is 28.9 Å². The first-order valence-electron chi connectivity index (χ1n) is 9.45. The van der Waals surface area contributed by atoms with E-state index in [0.717, 1.165) is 34.6 Å². The number of carbonyl (C=O) groups is 4. The smallest absolute Gasteiger partial charge is 0.325 e. The van der Waals surface area contributed by atoms with Crippen LogP contribution in [0.2, 0.25) is 10.0 Å². The van der Waals surface area contributed by atoms with E-state index in [1.54, 1.807) is 12.1 Å². The first-order chi connectivity index (χ1) is 14.6. The molecule has 1 aliphatic heterocycles. The Kier molecular flexibility index (Phi) is 5.45. The molecule has 2 aromatic rings. The number of carbonyl (C=O) groups excluding carboxylic acids is 4. The third kappa shape index (κ3) is 3.66. The minimum absolute atomic E-state index is 0.217. The summed E-state index contributed by atoms with van der Waals surface area (Å²) in [6.45, 7) is 0.988. The average molecular weight is 481 g/mol. The number of benzene rings is 1. The van der Waals surface area contributed by atoms with Crippen LogP contribution in [-0.4, -0.2) is 35.2 Å². The van der Waals surface area contributed by atoms with E-state index in [2.05, 4.69) is 10.6 Å². The highest BCUT2D eigenvalue weighted by molar-refractivity contribution is 7.17. The van der Waals surface area contributed by atoms with Crippen LogP contribution in [0.1, 0.15) is 39.7 Å². The summed E-state index contributed by atoms with van der Waals surface area (Å²) in [5.41, 5.74) is 5.60. The molecule has 0 spiro atoms. The van der Waals surface area contributed by atoms with Gasteiger partial charge in [-0.05, 0) is 43.9 Å². The molecule has 4 N–H and O–H groups in total. The number of hydrogen-bond donors (Lipinski definition) is 3. The van der Waals surface area contributed by atoms with Crippen molar-refractivity contribution in [2.75, 3.05) is 11.9 Å². The molecule has 1 aromatic heterocycles. The van der Waals surface area contributed by atoms with E-state index in [1.807, 2.05) is 0 Å². The Morgan fingerprint density at radius 3 is 2.71 bits per heavy atom. The topological polar surface area (TPSA) is 122 Å². The molecule has 0 bridgehead atoms. The number of anilines is 1. The fraction of sp³-hybridized carbons (Fsp3) is 0.300. The van der Waals surface area contributed by atoms with Gasteiger partial charge in [-0.2, -0.15) is 0 Å². The number of imide groups is 1.